The summed E-state index contributed by atoms with van der Waals surface area (Å²) in [6, 6.07) is 0.276. The van der Waals surface area contributed by atoms with Crippen molar-refractivity contribution in [2.24, 2.45) is 17.6 Å². The van der Waals surface area contributed by atoms with Crippen molar-refractivity contribution in [1.82, 2.24) is 4.90 Å². The third-order valence-corrected chi connectivity index (χ3v) is 3.82. The van der Waals surface area contributed by atoms with E-state index in [0.29, 0.717) is 4.99 Å². The van der Waals surface area contributed by atoms with Crippen LogP contribution in [0.15, 0.2) is 0 Å². The number of hydrogen-bond acceptors (Lipinski definition) is 2. The summed E-state index contributed by atoms with van der Waals surface area (Å²) in [6.45, 7) is 9.05. The molecular weight excluding hydrogens is 192 g/mol. The van der Waals surface area contributed by atoms with Gasteiger partial charge in [-0.3, -0.25) is 4.90 Å². The molecule has 0 aromatic carbocycles. The molecule has 0 aromatic rings. The molecule has 2 nitrogen and oxygen atoms in total. The molecule has 0 aromatic heterocycles. The number of rotatable bonds is 3. The number of nitrogens with zero attached hydrogens (tertiary/aromatic N) is 1. The summed E-state index contributed by atoms with van der Waals surface area (Å²) in [6.07, 6.45) is 2.59. The Kier molecular flexibility index (Phi) is 4.32. The molecule has 1 heterocycles. The van der Waals surface area contributed by atoms with Gasteiger partial charge in [-0.2, -0.15) is 0 Å². The second-order valence-electron chi connectivity index (χ2n) is 4.70. The number of thiocarbonyl (C=S) groups is 1. The van der Waals surface area contributed by atoms with Gasteiger partial charge in [-0.05, 0) is 44.7 Å². The molecule has 1 unspecified atom stereocenters. The van der Waals surface area contributed by atoms with Gasteiger partial charge in [0.2, 0.25) is 0 Å². The fraction of sp³-hybridized carbons (Fsp3) is 0.909. The number of hydrogen-bond donors (Lipinski definition) is 1. The molecule has 2 N–H and O–H groups in total. The van der Waals surface area contributed by atoms with Crippen LogP contribution in [0, 0.1) is 11.8 Å². The number of piperidine rings is 1. The van der Waals surface area contributed by atoms with Crippen molar-refractivity contribution in [3.63, 3.8) is 0 Å². The molecule has 82 valence electrons. The maximum atomic E-state index is 5.65. The first-order valence-corrected chi connectivity index (χ1v) is 5.96. The Hall–Kier alpha value is -0.150. The Labute approximate surface area is 92.8 Å². The molecule has 14 heavy (non-hydrogen) atoms. The third-order valence-electron chi connectivity index (χ3n) is 3.48. The van der Waals surface area contributed by atoms with Crippen molar-refractivity contribution in [1.29, 1.82) is 0 Å². The van der Waals surface area contributed by atoms with E-state index < -0.39 is 0 Å². The van der Waals surface area contributed by atoms with Crippen LogP contribution in [-0.2, 0) is 0 Å². The van der Waals surface area contributed by atoms with Crippen molar-refractivity contribution < 1.29 is 0 Å². The zero-order valence-electron chi connectivity index (χ0n) is 9.49. The predicted octanol–water partition coefficient (Wildman–Crippen LogP) is 2.03. The number of nitrogens with two attached hydrogens (primary N) is 1. The quantitative estimate of drug-likeness (QED) is 0.729. The standard InChI is InChI=1S/C11H22N2S/c1-8(2)10-4-6-13(7-5-10)9(3)11(12)14/h8-10H,4-7H2,1-3H3,(H2,12,14). The van der Waals surface area contributed by atoms with E-state index in [-0.39, 0.29) is 6.04 Å². The Morgan fingerprint density at radius 3 is 2.14 bits per heavy atom. The van der Waals surface area contributed by atoms with Crippen LogP contribution < -0.4 is 5.73 Å². The van der Waals surface area contributed by atoms with Gasteiger partial charge in [-0.25, -0.2) is 0 Å². The highest BCUT2D eigenvalue weighted by Crippen LogP contribution is 2.25. The van der Waals surface area contributed by atoms with Crippen molar-refractivity contribution in [3.05, 3.63) is 0 Å². The minimum atomic E-state index is 0.276. The van der Waals surface area contributed by atoms with Crippen molar-refractivity contribution in [2.45, 2.75) is 39.7 Å². The lowest BCUT2D eigenvalue weighted by Gasteiger charge is -2.36. The highest BCUT2D eigenvalue weighted by Gasteiger charge is 2.25. The Morgan fingerprint density at radius 1 is 1.29 bits per heavy atom. The molecule has 1 rings (SSSR count). The molecule has 1 aliphatic rings. The van der Waals surface area contributed by atoms with E-state index in [0.717, 1.165) is 24.9 Å². The zero-order valence-corrected chi connectivity index (χ0v) is 10.3. The maximum Gasteiger partial charge on any atom is 0.0899 e. The molecule has 1 saturated heterocycles. The fourth-order valence-corrected chi connectivity index (χ4v) is 2.30. The first kappa shape index (κ1) is 11.9. The summed E-state index contributed by atoms with van der Waals surface area (Å²) in [4.78, 5) is 3.04. The van der Waals surface area contributed by atoms with E-state index in [9.17, 15) is 0 Å². The van der Waals surface area contributed by atoms with Crippen LogP contribution >= 0.6 is 12.2 Å². The zero-order chi connectivity index (χ0) is 10.7. The third kappa shape index (κ3) is 2.92. The highest BCUT2D eigenvalue weighted by molar-refractivity contribution is 7.80. The van der Waals surface area contributed by atoms with Crippen molar-refractivity contribution in [3.8, 4) is 0 Å². The monoisotopic (exact) mass is 214 g/mol. The van der Waals surface area contributed by atoms with E-state index in [1.165, 1.54) is 12.8 Å². The van der Waals surface area contributed by atoms with Crippen LogP contribution in [0.1, 0.15) is 33.6 Å². The maximum absolute atomic E-state index is 5.65. The van der Waals surface area contributed by atoms with E-state index in [1.807, 2.05) is 0 Å². The van der Waals surface area contributed by atoms with Crippen LogP contribution in [0.5, 0.6) is 0 Å². The molecule has 0 aliphatic carbocycles. The van der Waals surface area contributed by atoms with Crippen molar-refractivity contribution >= 4 is 17.2 Å². The summed E-state index contributed by atoms with van der Waals surface area (Å²) in [5.41, 5.74) is 5.65. The van der Waals surface area contributed by atoms with E-state index >= 15 is 0 Å². The predicted molar refractivity (Wildman–Crippen MR) is 65.4 cm³/mol. The fourth-order valence-electron chi connectivity index (χ4n) is 2.15. The Morgan fingerprint density at radius 2 is 1.79 bits per heavy atom. The minimum Gasteiger partial charge on any atom is -0.392 e. The van der Waals surface area contributed by atoms with Crippen molar-refractivity contribution in [2.75, 3.05) is 13.1 Å². The Bertz CT molecular complexity index is 195. The van der Waals surface area contributed by atoms with Gasteiger partial charge in [0, 0.05) is 0 Å². The van der Waals surface area contributed by atoms with Crippen LogP contribution in [0.4, 0.5) is 0 Å². The average Bonchev–Trinajstić information content (AvgIpc) is 2.16. The smallest absolute Gasteiger partial charge is 0.0899 e. The van der Waals surface area contributed by atoms with Gasteiger partial charge in [0.15, 0.2) is 0 Å². The van der Waals surface area contributed by atoms with E-state index in [1.54, 1.807) is 0 Å². The lowest BCUT2D eigenvalue weighted by molar-refractivity contribution is 0.146. The van der Waals surface area contributed by atoms with Gasteiger partial charge in [-0.15, -0.1) is 0 Å². The van der Waals surface area contributed by atoms with E-state index in [2.05, 4.69) is 25.7 Å². The normalized spacial score (nSPS) is 22.6. The van der Waals surface area contributed by atoms with Crippen LogP contribution in [-0.4, -0.2) is 29.0 Å². The summed E-state index contributed by atoms with van der Waals surface area (Å²) in [7, 11) is 0. The lowest BCUT2D eigenvalue weighted by atomic mass is 9.86. The summed E-state index contributed by atoms with van der Waals surface area (Å²) >= 11 is 5.02. The van der Waals surface area contributed by atoms with Gasteiger partial charge in [0.05, 0.1) is 11.0 Å². The van der Waals surface area contributed by atoms with Gasteiger partial charge in [0.25, 0.3) is 0 Å². The second-order valence-corrected chi connectivity index (χ2v) is 5.17. The molecule has 1 fully saturated rings. The van der Waals surface area contributed by atoms with E-state index in [4.69, 9.17) is 18.0 Å². The summed E-state index contributed by atoms with van der Waals surface area (Å²) < 4.78 is 0. The summed E-state index contributed by atoms with van der Waals surface area (Å²) in [5.74, 6) is 1.71. The molecular formula is C11H22N2S. The molecule has 0 bridgehead atoms. The Balaban J connectivity index is 2.39. The molecule has 0 saturated carbocycles. The molecule has 1 atom stereocenters. The van der Waals surface area contributed by atoms with Gasteiger partial charge < -0.3 is 5.73 Å². The molecule has 0 radical (unpaired) electrons. The SMILES string of the molecule is CC(C)C1CCN(C(C)C(N)=S)CC1. The van der Waals surface area contributed by atoms with Crippen LogP contribution in [0.2, 0.25) is 0 Å². The second kappa shape index (κ2) is 5.08. The first-order chi connectivity index (χ1) is 6.52. The summed E-state index contributed by atoms with van der Waals surface area (Å²) in [5, 5.41) is 0. The van der Waals surface area contributed by atoms with Crippen LogP contribution in [0.3, 0.4) is 0 Å². The molecule has 3 heteroatoms. The van der Waals surface area contributed by atoms with Gasteiger partial charge >= 0.3 is 0 Å². The average molecular weight is 214 g/mol. The molecule has 0 spiro atoms. The van der Waals surface area contributed by atoms with Gasteiger partial charge in [0.1, 0.15) is 0 Å². The first-order valence-electron chi connectivity index (χ1n) is 5.55. The highest BCUT2D eigenvalue weighted by atomic mass is 32.1. The molecule has 0 amide bonds. The molecule has 1 aliphatic heterocycles. The minimum absolute atomic E-state index is 0.276. The van der Waals surface area contributed by atoms with Crippen LogP contribution in [0.25, 0.3) is 0 Å². The van der Waals surface area contributed by atoms with Gasteiger partial charge in [-0.1, -0.05) is 26.1 Å². The number of likely N-dealkylation sites (tertiary alicyclic amines) is 1. The topological polar surface area (TPSA) is 29.3 Å². The lowest BCUT2D eigenvalue weighted by Crippen LogP contribution is -2.46. The largest absolute Gasteiger partial charge is 0.392 e.